The minimum absolute atomic E-state index is 0.136. The molecule has 0 spiro atoms. The Balaban J connectivity index is 1.88. The van der Waals surface area contributed by atoms with E-state index in [9.17, 15) is 4.79 Å². The predicted molar refractivity (Wildman–Crippen MR) is 73.5 cm³/mol. The number of carbonyl (C=O) groups excluding carboxylic acids is 1. The number of hydrogen-bond donors (Lipinski definition) is 2. The summed E-state index contributed by atoms with van der Waals surface area (Å²) in [6, 6.07) is 1.88. The molecule has 106 valence electrons. The van der Waals surface area contributed by atoms with Crippen LogP contribution in [-0.4, -0.2) is 30.9 Å². The third-order valence-corrected chi connectivity index (χ3v) is 3.25. The molecule has 20 heavy (non-hydrogen) atoms. The molecule has 1 amide bonds. The number of aromatic nitrogens is 5. The molecule has 0 aromatic carbocycles. The molecule has 0 aliphatic heterocycles. The van der Waals surface area contributed by atoms with Crippen LogP contribution in [0.1, 0.15) is 55.7 Å². The molecule has 2 aromatic rings. The molecule has 7 nitrogen and oxygen atoms in total. The lowest BCUT2D eigenvalue weighted by Gasteiger charge is -2.22. The normalized spacial score (nSPS) is 15.3. The van der Waals surface area contributed by atoms with Crippen LogP contribution in [0.5, 0.6) is 0 Å². The number of nitrogens with one attached hydrogen (secondary N) is 2. The van der Waals surface area contributed by atoms with Gasteiger partial charge in [-0.25, -0.2) is 5.10 Å². The fourth-order valence-electron chi connectivity index (χ4n) is 2.15. The lowest BCUT2D eigenvalue weighted by Crippen LogP contribution is -2.25. The maximum Gasteiger partial charge on any atom is 0.278 e. The monoisotopic (exact) mass is 274 g/mol. The van der Waals surface area contributed by atoms with Gasteiger partial charge in [0.1, 0.15) is 6.33 Å². The molecule has 3 rings (SSSR count). The van der Waals surface area contributed by atoms with E-state index in [0.717, 1.165) is 5.69 Å². The average Bonchev–Trinajstić information content (AvgIpc) is 2.90. The third-order valence-electron chi connectivity index (χ3n) is 3.25. The molecule has 1 fully saturated rings. The van der Waals surface area contributed by atoms with Crippen molar-refractivity contribution in [3.63, 3.8) is 0 Å². The molecule has 7 heteroatoms. The fraction of sp³-hybridized carbons (Fsp3) is 0.538. The van der Waals surface area contributed by atoms with Crippen molar-refractivity contribution in [3.05, 3.63) is 23.8 Å². The Hall–Kier alpha value is -2.18. The van der Waals surface area contributed by atoms with Gasteiger partial charge in [-0.15, -0.1) is 0 Å². The van der Waals surface area contributed by atoms with Crippen LogP contribution in [-0.2, 0) is 5.54 Å². The van der Waals surface area contributed by atoms with Gasteiger partial charge in [0.25, 0.3) is 5.91 Å². The van der Waals surface area contributed by atoms with E-state index in [1.807, 2.05) is 10.7 Å². The van der Waals surface area contributed by atoms with Crippen LogP contribution in [0.3, 0.4) is 0 Å². The second-order valence-electron chi connectivity index (χ2n) is 6.10. The van der Waals surface area contributed by atoms with Crippen molar-refractivity contribution in [3.8, 4) is 0 Å². The van der Waals surface area contributed by atoms with Crippen molar-refractivity contribution in [2.45, 2.75) is 45.1 Å². The molecule has 1 aliphatic rings. The molecule has 1 saturated carbocycles. The van der Waals surface area contributed by atoms with E-state index in [4.69, 9.17) is 0 Å². The summed E-state index contributed by atoms with van der Waals surface area (Å²) in [6.07, 6.45) is 3.69. The molecule has 0 unspecified atom stereocenters. The molecule has 2 aromatic heterocycles. The number of anilines is 1. The van der Waals surface area contributed by atoms with Gasteiger partial charge in [0.15, 0.2) is 5.69 Å². The minimum atomic E-state index is -0.272. The van der Waals surface area contributed by atoms with Gasteiger partial charge in [-0.2, -0.15) is 15.2 Å². The van der Waals surface area contributed by atoms with Gasteiger partial charge in [0, 0.05) is 11.6 Å². The highest BCUT2D eigenvalue weighted by atomic mass is 16.2. The lowest BCUT2D eigenvalue weighted by atomic mass is 10.1. The van der Waals surface area contributed by atoms with Crippen molar-refractivity contribution in [2.75, 3.05) is 5.32 Å². The first-order valence-electron chi connectivity index (χ1n) is 6.72. The summed E-state index contributed by atoms with van der Waals surface area (Å²) in [4.78, 5) is 16.0. The molecular formula is C13H18N6O. The highest BCUT2D eigenvalue weighted by Gasteiger charge is 2.32. The SMILES string of the molecule is CC(C)(C)n1nc(C(=O)Nc2ncn[nH]2)cc1C1CC1. The Kier molecular flexibility index (Phi) is 2.84. The predicted octanol–water partition coefficient (Wildman–Crippen LogP) is 1.89. The van der Waals surface area contributed by atoms with E-state index in [1.165, 1.54) is 19.2 Å². The summed E-state index contributed by atoms with van der Waals surface area (Å²) in [7, 11) is 0. The fourth-order valence-corrected chi connectivity index (χ4v) is 2.15. The van der Waals surface area contributed by atoms with Crippen LogP contribution in [0.25, 0.3) is 0 Å². The number of nitrogens with zero attached hydrogens (tertiary/aromatic N) is 4. The minimum Gasteiger partial charge on any atom is -0.289 e. The van der Waals surface area contributed by atoms with Gasteiger partial charge in [-0.05, 0) is 39.7 Å². The Labute approximate surface area is 116 Å². The van der Waals surface area contributed by atoms with Gasteiger partial charge >= 0.3 is 0 Å². The number of aromatic amines is 1. The smallest absolute Gasteiger partial charge is 0.278 e. The van der Waals surface area contributed by atoms with Crippen molar-refractivity contribution in [1.29, 1.82) is 0 Å². The second-order valence-corrected chi connectivity index (χ2v) is 6.10. The zero-order valence-corrected chi connectivity index (χ0v) is 11.8. The van der Waals surface area contributed by atoms with E-state index in [0.29, 0.717) is 17.6 Å². The van der Waals surface area contributed by atoms with Gasteiger partial charge in [0.05, 0.1) is 5.54 Å². The molecule has 0 atom stereocenters. The van der Waals surface area contributed by atoms with E-state index in [2.05, 4.69) is 46.4 Å². The highest BCUT2D eigenvalue weighted by molar-refractivity contribution is 6.01. The molecular weight excluding hydrogens is 256 g/mol. The first kappa shape index (κ1) is 12.8. The number of rotatable bonds is 3. The van der Waals surface area contributed by atoms with Gasteiger partial charge in [-0.1, -0.05) is 0 Å². The molecule has 0 bridgehead atoms. The molecule has 2 heterocycles. The van der Waals surface area contributed by atoms with Crippen molar-refractivity contribution >= 4 is 11.9 Å². The number of hydrogen-bond acceptors (Lipinski definition) is 4. The van der Waals surface area contributed by atoms with Crippen LogP contribution in [0, 0.1) is 0 Å². The van der Waals surface area contributed by atoms with Gasteiger partial charge in [0.2, 0.25) is 5.95 Å². The van der Waals surface area contributed by atoms with Crippen molar-refractivity contribution in [2.24, 2.45) is 0 Å². The Morgan fingerprint density at radius 2 is 2.20 bits per heavy atom. The topological polar surface area (TPSA) is 88.5 Å². The van der Waals surface area contributed by atoms with Crippen molar-refractivity contribution in [1.82, 2.24) is 25.0 Å². The first-order chi connectivity index (χ1) is 9.45. The summed E-state index contributed by atoms with van der Waals surface area (Å²) < 4.78 is 1.96. The maximum atomic E-state index is 12.2. The van der Waals surface area contributed by atoms with Gasteiger partial charge < -0.3 is 0 Å². The van der Waals surface area contributed by atoms with E-state index < -0.39 is 0 Å². The Morgan fingerprint density at radius 3 is 2.75 bits per heavy atom. The summed E-state index contributed by atoms with van der Waals surface area (Å²) in [5.74, 6) is 0.591. The van der Waals surface area contributed by atoms with E-state index in [-0.39, 0.29) is 11.4 Å². The van der Waals surface area contributed by atoms with E-state index >= 15 is 0 Å². The average molecular weight is 274 g/mol. The Morgan fingerprint density at radius 1 is 1.45 bits per heavy atom. The molecule has 1 aliphatic carbocycles. The maximum absolute atomic E-state index is 12.2. The van der Waals surface area contributed by atoms with Crippen LogP contribution < -0.4 is 5.32 Å². The zero-order valence-electron chi connectivity index (χ0n) is 11.8. The summed E-state index contributed by atoms with van der Waals surface area (Å²) in [5, 5.41) is 13.4. The highest BCUT2D eigenvalue weighted by Crippen LogP contribution is 2.41. The molecule has 0 saturated heterocycles. The van der Waals surface area contributed by atoms with Crippen molar-refractivity contribution < 1.29 is 4.79 Å². The number of H-pyrrole nitrogens is 1. The summed E-state index contributed by atoms with van der Waals surface area (Å²) in [5.41, 5.74) is 1.42. The van der Waals surface area contributed by atoms with Crippen LogP contribution in [0.15, 0.2) is 12.4 Å². The van der Waals surface area contributed by atoms with Crippen LogP contribution >= 0.6 is 0 Å². The third kappa shape index (κ3) is 2.43. The van der Waals surface area contributed by atoms with Gasteiger partial charge in [-0.3, -0.25) is 14.8 Å². The van der Waals surface area contributed by atoms with Crippen LogP contribution in [0.2, 0.25) is 0 Å². The number of amides is 1. The summed E-state index contributed by atoms with van der Waals surface area (Å²) in [6.45, 7) is 6.26. The Bertz CT molecular complexity index is 618. The molecule has 2 N–H and O–H groups in total. The first-order valence-corrected chi connectivity index (χ1v) is 6.72. The lowest BCUT2D eigenvalue weighted by molar-refractivity contribution is 0.102. The van der Waals surface area contributed by atoms with E-state index in [1.54, 1.807) is 0 Å². The zero-order chi connectivity index (χ0) is 14.3. The molecule has 0 radical (unpaired) electrons. The largest absolute Gasteiger partial charge is 0.289 e. The number of carbonyl (C=O) groups is 1. The standard InChI is InChI=1S/C13H18N6O/c1-13(2,3)19-10(8-4-5-8)6-9(18-19)11(20)16-12-14-7-15-17-12/h6-8H,4-5H2,1-3H3,(H2,14,15,16,17,20). The van der Waals surface area contributed by atoms with Crippen LogP contribution in [0.4, 0.5) is 5.95 Å². The second kappa shape index (κ2) is 4.43. The quantitative estimate of drug-likeness (QED) is 0.894. The summed E-state index contributed by atoms with van der Waals surface area (Å²) >= 11 is 0.